The molecule has 5 N–H and O–H groups in total. The highest BCUT2D eigenvalue weighted by Crippen LogP contribution is 2.33. The van der Waals surface area contributed by atoms with Crippen molar-refractivity contribution in [1.29, 1.82) is 16.2 Å². The van der Waals surface area contributed by atoms with Crippen molar-refractivity contribution in [1.82, 2.24) is 15.5 Å². The molecule has 0 bridgehead atoms. The van der Waals surface area contributed by atoms with E-state index in [0.717, 1.165) is 67.2 Å². The normalized spacial score (nSPS) is 21.6. The number of hydrogen-bond donors (Lipinski definition) is 5. The van der Waals surface area contributed by atoms with Crippen molar-refractivity contribution in [2.24, 2.45) is 0 Å². The molecule has 0 amide bonds. The van der Waals surface area contributed by atoms with Crippen LogP contribution < -0.4 is 10.6 Å². The van der Waals surface area contributed by atoms with E-state index in [1.54, 1.807) is 0 Å². The minimum absolute atomic E-state index is 0.00739. The molecule has 33 heavy (non-hydrogen) atoms. The van der Waals surface area contributed by atoms with Crippen LogP contribution >= 0.6 is 23.4 Å². The lowest BCUT2D eigenvalue weighted by molar-refractivity contribution is 0.114. The van der Waals surface area contributed by atoms with E-state index >= 15 is 0 Å². The van der Waals surface area contributed by atoms with Crippen LogP contribution in [0.25, 0.3) is 5.57 Å². The average molecular weight is 489 g/mol. The molecule has 0 aliphatic carbocycles. The summed E-state index contributed by atoms with van der Waals surface area (Å²) >= 11 is 7.72. The van der Waals surface area contributed by atoms with Gasteiger partial charge in [-0.2, -0.15) is 0 Å². The Morgan fingerprint density at radius 3 is 2.36 bits per heavy atom. The van der Waals surface area contributed by atoms with E-state index in [1.165, 1.54) is 6.21 Å². The van der Waals surface area contributed by atoms with Crippen LogP contribution in [0.15, 0.2) is 23.9 Å². The number of hydrogen-bond acceptors (Lipinski definition) is 6. The van der Waals surface area contributed by atoms with Crippen molar-refractivity contribution in [3.8, 4) is 0 Å². The van der Waals surface area contributed by atoms with E-state index < -0.39 is 0 Å². The highest BCUT2D eigenvalue weighted by atomic mass is 35.5. The number of rotatable bonds is 4. The van der Waals surface area contributed by atoms with Crippen LogP contribution in [0.1, 0.15) is 70.9 Å². The Bertz CT molecular complexity index is 944. The molecular weight excluding hydrogens is 452 g/mol. The molecule has 2 saturated heterocycles. The first-order chi connectivity index (χ1) is 15.4. The largest absolute Gasteiger partial charge is 0.388 e. The maximum Gasteiger partial charge on any atom is 0.162 e. The van der Waals surface area contributed by atoms with Crippen LogP contribution in [0.4, 0.5) is 0 Å². The zero-order chi connectivity index (χ0) is 24.4. The summed E-state index contributed by atoms with van der Waals surface area (Å²) in [6.07, 6.45) is 6.46. The Hall–Kier alpha value is -1.83. The van der Waals surface area contributed by atoms with Crippen molar-refractivity contribution in [3.05, 3.63) is 40.0 Å². The fourth-order valence-electron chi connectivity index (χ4n) is 5.13. The summed E-state index contributed by atoms with van der Waals surface area (Å²) < 4.78 is 0. The van der Waals surface area contributed by atoms with E-state index in [1.807, 2.05) is 30.1 Å². The Labute approximate surface area is 207 Å². The summed E-state index contributed by atoms with van der Waals surface area (Å²) in [4.78, 5) is 2.00. The van der Waals surface area contributed by atoms with Crippen LogP contribution in [-0.2, 0) is 0 Å². The molecule has 8 heteroatoms. The molecule has 1 aromatic rings. The molecule has 2 aliphatic rings. The Morgan fingerprint density at radius 1 is 1.15 bits per heavy atom. The number of halogens is 1. The number of benzene rings is 1. The monoisotopic (exact) mass is 488 g/mol. The lowest BCUT2D eigenvalue weighted by atomic mass is 9.79. The highest BCUT2D eigenvalue weighted by molar-refractivity contribution is 8.26. The van der Waals surface area contributed by atoms with E-state index in [4.69, 9.17) is 27.8 Å². The first kappa shape index (κ1) is 25.8. The second kappa shape index (κ2) is 10.2. The van der Waals surface area contributed by atoms with Gasteiger partial charge < -0.3 is 20.9 Å². The number of piperidine rings is 2. The first-order valence-corrected chi connectivity index (χ1v) is 12.8. The summed E-state index contributed by atoms with van der Waals surface area (Å²) in [5.74, 6) is 0. The Morgan fingerprint density at radius 2 is 1.82 bits per heavy atom. The summed E-state index contributed by atoms with van der Waals surface area (Å²) in [5.41, 5.74) is 3.42. The van der Waals surface area contributed by atoms with Gasteiger partial charge in [0.15, 0.2) is 5.17 Å². The van der Waals surface area contributed by atoms with Crippen LogP contribution in [-0.4, -0.2) is 52.0 Å². The number of allylic oxidation sites excluding steroid dienone is 2. The van der Waals surface area contributed by atoms with Gasteiger partial charge in [0.05, 0.1) is 5.02 Å². The predicted octanol–water partition coefficient (Wildman–Crippen LogP) is 5.71. The first-order valence-electron chi connectivity index (χ1n) is 11.6. The van der Waals surface area contributed by atoms with Crippen molar-refractivity contribution in [3.63, 3.8) is 0 Å². The van der Waals surface area contributed by atoms with E-state index in [0.29, 0.717) is 15.8 Å². The van der Waals surface area contributed by atoms with E-state index in [-0.39, 0.29) is 22.2 Å². The molecule has 0 radical (unpaired) electrons. The number of nitrogens with zero attached hydrogens (tertiary/aromatic N) is 1. The van der Waals surface area contributed by atoms with Crippen molar-refractivity contribution in [2.75, 3.05) is 13.6 Å². The maximum absolute atomic E-state index is 8.65. The minimum Gasteiger partial charge on any atom is -0.388 e. The topological polar surface area (TPSA) is 98.9 Å². The Balaban J connectivity index is 1.72. The summed E-state index contributed by atoms with van der Waals surface area (Å²) in [7, 11) is 1.95. The molecule has 0 spiro atoms. The summed E-state index contributed by atoms with van der Waals surface area (Å²) in [6, 6.07) is 5.82. The van der Waals surface area contributed by atoms with Gasteiger partial charge in [-0.15, -0.1) is 0 Å². The van der Waals surface area contributed by atoms with Crippen molar-refractivity contribution < 1.29 is 0 Å². The van der Waals surface area contributed by atoms with Crippen molar-refractivity contribution >= 4 is 45.4 Å². The molecule has 0 saturated carbocycles. The standard InChI is InChI=1S/C25H37ClN6S/c1-24(2)13-17(14-25(3,4)31-24)32(5)23(29)33-22(28)18-10-9-16(12-20(18)26)19(15-27)21-8-6-7-11-30-21/h9-10,12,15,17,27-31H,6-8,11,13-14H2,1-5H3/b21-19+,27-15?,28-22?,29-23?. The molecule has 0 aromatic heterocycles. The summed E-state index contributed by atoms with van der Waals surface area (Å²) in [6.45, 7) is 9.75. The molecule has 180 valence electrons. The fraction of sp³-hybridized carbons (Fsp3) is 0.560. The molecule has 6 nitrogen and oxygen atoms in total. The predicted molar refractivity (Wildman–Crippen MR) is 143 cm³/mol. The van der Waals surface area contributed by atoms with E-state index in [9.17, 15) is 0 Å². The molecule has 2 fully saturated rings. The van der Waals surface area contributed by atoms with Gasteiger partial charge in [-0.05, 0) is 83.2 Å². The zero-order valence-corrected chi connectivity index (χ0v) is 21.9. The molecule has 1 aromatic carbocycles. The van der Waals surface area contributed by atoms with Crippen LogP contribution in [0, 0.1) is 16.2 Å². The van der Waals surface area contributed by atoms with Gasteiger partial charge in [-0.3, -0.25) is 10.8 Å². The van der Waals surface area contributed by atoms with Gasteiger partial charge in [0, 0.05) is 53.8 Å². The van der Waals surface area contributed by atoms with Gasteiger partial charge in [0.1, 0.15) is 5.04 Å². The Kier molecular flexibility index (Phi) is 7.97. The SMILES string of the molecule is CN(C(=N)SC(=N)c1ccc(/C(C=N)=C2\CCCCN2)cc1Cl)C1CC(C)(C)NC(C)(C)C1. The minimum atomic E-state index is -0.00739. The van der Waals surface area contributed by atoms with Gasteiger partial charge in [-0.25, -0.2) is 0 Å². The smallest absolute Gasteiger partial charge is 0.162 e. The van der Waals surface area contributed by atoms with Gasteiger partial charge in [0.2, 0.25) is 0 Å². The number of nitrogens with one attached hydrogen (secondary N) is 5. The second-order valence-electron chi connectivity index (χ2n) is 10.4. The quantitative estimate of drug-likeness (QED) is 0.277. The number of thioether (sulfide) groups is 1. The lowest BCUT2D eigenvalue weighted by Crippen LogP contribution is -2.62. The van der Waals surface area contributed by atoms with Gasteiger partial charge in [0.25, 0.3) is 0 Å². The van der Waals surface area contributed by atoms with Gasteiger partial charge >= 0.3 is 0 Å². The third-order valence-electron chi connectivity index (χ3n) is 6.42. The van der Waals surface area contributed by atoms with E-state index in [2.05, 4.69) is 38.3 Å². The molecule has 2 aliphatic heterocycles. The van der Waals surface area contributed by atoms with Crippen molar-refractivity contribution in [2.45, 2.75) is 76.9 Å². The maximum atomic E-state index is 8.65. The molecule has 3 rings (SSSR count). The molecule has 2 heterocycles. The average Bonchev–Trinajstić information content (AvgIpc) is 2.72. The third kappa shape index (κ3) is 6.40. The zero-order valence-electron chi connectivity index (χ0n) is 20.4. The second-order valence-corrected chi connectivity index (χ2v) is 11.8. The third-order valence-corrected chi connectivity index (χ3v) is 7.64. The van der Waals surface area contributed by atoms with Crippen LogP contribution in [0.3, 0.4) is 0 Å². The van der Waals surface area contributed by atoms with Crippen LogP contribution in [0.2, 0.25) is 5.02 Å². The lowest BCUT2D eigenvalue weighted by Gasteiger charge is -2.49. The summed E-state index contributed by atoms with van der Waals surface area (Å²) in [5, 5.41) is 33.3. The molecular formula is C25H37ClN6S. The molecule has 0 atom stereocenters. The highest BCUT2D eigenvalue weighted by Gasteiger charge is 2.39. The van der Waals surface area contributed by atoms with Gasteiger partial charge in [-0.1, -0.05) is 23.7 Å². The number of amidine groups is 1. The fourth-order valence-corrected chi connectivity index (χ4v) is 6.23. The van der Waals surface area contributed by atoms with Crippen LogP contribution in [0.5, 0.6) is 0 Å². The molecule has 0 unspecified atom stereocenters.